The second-order valence-electron chi connectivity index (χ2n) is 21.3. The number of nitrogens with zero attached hydrogens (tertiary/aromatic N) is 6. The van der Waals surface area contributed by atoms with Crippen LogP contribution in [0.5, 0.6) is 0 Å². The number of cyclic esters (lactones) is 1. The highest BCUT2D eigenvalue weighted by atomic mass is 32.1. The summed E-state index contributed by atoms with van der Waals surface area (Å²) in [5, 5.41) is 5.85. The van der Waals surface area contributed by atoms with Crippen molar-refractivity contribution in [3.05, 3.63) is 52.1 Å². The van der Waals surface area contributed by atoms with E-state index >= 15 is 4.79 Å². The quantitative estimate of drug-likeness (QED) is 0.145. The molecule has 1 amide bonds. The van der Waals surface area contributed by atoms with Crippen molar-refractivity contribution in [1.82, 2.24) is 29.9 Å². The van der Waals surface area contributed by atoms with Gasteiger partial charge in [-0.1, -0.05) is 40.2 Å². The number of carbonyl (C=O) groups is 3. The summed E-state index contributed by atoms with van der Waals surface area (Å²) >= 11 is 1.60. The Morgan fingerprint density at radius 2 is 1.89 bits per heavy atom. The Balaban J connectivity index is 1.04. The normalized spacial score (nSPS) is 32.6. The number of ketones is 1. The third-order valence-corrected chi connectivity index (χ3v) is 19.5. The number of aromatic nitrogens is 3. The van der Waals surface area contributed by atoms with E-state index in [2.05, 4.69) is 97.2 Å². The molecular formula is C51H65N7O5SSi. The van der Waals surface area contributed by atoms with Crippen molar-refractivity contribution in [3.8, 4) is 22.5 Å². The number of esters is 1. The van der Waals surface area contributed by atoms with E-state index in [1.807, 2.05) is 0 Å². The predicted octanol–water partition coefficient (Wildman–Crippen LogP) is 7.77. The van der Waals surface area contributed by atoms with E-state index in [-0.39, 0.29) is 53.3 Å². The Kier molecular flexibility index (Phi) is 11.0. The van der Waals surface area contributed by atoms with Gasteiger partial charge in [0.1, 0.15) is 11.8 Å². The molecule has 14 heteroatoms. The summed E-state index contributed by atoms with van der Waals surface area (Å²) in [5.74, 6) is 0.260. The molecule has 8 heterocycles. The van der Waals surface area contributed by atoms with Gasteiger partial charge in [-0.2, -0.15) is 0 Å². The molecule has 10 atom stereocenters. The van der Waals surface area contributed by atoms with Gasteiger partial charge in [0.05, 0.1) is 52.1 Å². The fourth-order valence-electron chi connectivity index (χ4n) is 12.8. The van der Waals surface area contributed by atoms with Crippen LogP contribution >= 0.6 is 11.3 Å². The van der Waals surface area contributed by atoms with Crippen molar-refractivity contribution in [3.63, 3.8) is 0 Å². The van der Waals surface area contributed by atoms with E-state index in [1.165, 1.54) is 31.4 Å². The Bertz CT molecular complexity index is 2550. The van der Waals surface area contributed by atoms with Gasteiger partial charge in [0.2, 0.25) is 5.91 Å². The number of methoxy groups -OCH3 is 1. The van der Waals surface area contributed by atoms with Crippen molar-refractivity contribution < 1.29 is 23.9 Å². The lowest BCUT2D eigenvalue weighted by molar-refractivity contribution is -0.165. The lowest BCUT2D eigenvalue weighted by atomic mass is 9.55. The molecule has 3 aromatic heterocycles. The molecule has 5 aliphatic heterocycles. The topological polar surface area (TPSA) is 122 Å². The van der Waals surface area contributed by atoms with Crippen LogP contribution in [0.4, 0.5) is 5.69 Å². The lowest BCUT2D eigenvalue weighted by Gasteiger charge is -2.50. The highest BCUT2D eigenvalue weighted by Gasteiger charge is 2.78. The maximum atomic E-state index is 15.1. The molecule has 7 aliphatic rings. The van der Waals surface area contributed by atoms with Crippen LogP contribution in [-0.2, 0) is 43.2 Å². The first-order chi connectivity index (χ1) is 31.3. The van der Waals surface area contributed by atoms with Gasteiger partial charge < -0.3 is 18.9 Å². The molecule has 1 aromatic carbocycles. The number of anilines is 1. The number of nitrogens with one attached hydrogen (secondary N) is 1. The molecule has 2 radical (unpaired) electrons. The standard InChI is InChI=1S/C51H65N7O5SSi/c1-8-57-39-15-14-31-20-34(39)36(44(57)35-21-33(24-52-43(35)30(4)62-7)56-19-18-55-16-10-9-12-32(55)25-56)22-50(5,6)27-63-48(60)37-13-11-17-58(54-37)49(61)51(23-40-53-38(31)26-64-40)42(46-47(51)65-46)45(59)41-28(2)29(41)3/h14-15,20-21,24,26,28-30,32,37,41-42,46-47,54H,8-13,16-19,22-23,25,27H2,1-7H3/t28-,29+,30-,32+,37-,41?,42?,46?,47?,51?/m0/s1. The van der Waals surface area contributed by atoms with Gasteiger partial charge in [0.15, 0.2) is 0 Å². The monoisotopic (exact) mass is 915 g/mol. The molecule has 4 saturated heterocycles. The first-order valence-corrected chi connectivity index (χ1v) is 26.5. The Labute approximate surface area is 390 Å². The van der Waals surface area contributed by atoms with Crippen molar-refractivity contribution in [2.45, 2.75) is 122 Å². The van der Waals surface area contributed by atoms with E-state index in [1.54, 1.807) is 23.5 Å². The number of fused-ring (bicyclic) bond motifs is 9. The smallest absolute Gasteiger partial charge is 0.324 e. The number of thiazole rings is 1. The van der Waals surface area contributed by atoms with Crippen LogP contribution in [0, 0.1) is 34.5 Å². The number of ether oxygens (including phenoxy) is 2. The van der Waals surface area contributed by atoms with Crippen LogP contribution in [0.25, 0.3) is 33.4 Å². The van der Waals surface area contributed by atoms with Gasteiger partial charge in [-0.25, -0.2) is 10.4 Å². The Morgan fingerprint density at radius 1 is 1.06 bits per heavy atom. The SMILES string of the molecule is CCn1c(-c2cc(N3CCN4CCCC[C@@H]4C3)cnc2[C@H](C)OC)c2c3cc(ccc31)-c1csc(n1)CC1(C(=O)N3CCC[C@H](N3)C(=O)OCC(C)(C)C2)C2[Si]C2C1C(=O)C1[C@@H](C)[C@H]1C. The number of rotatable bonds is 7. The van der Waals surface area contributed by atoms with Crippen molar-refractivity contribution >= 4 is 55.1 Å². The summed E-state index contributed by atoms with van der Waals surface area (Å²) < 4.78 is 14.8. The van der Waals surface area contributed by atoms with E-state index in [4.69, 9.17) is 19.4 Å². The molecule has 6 fully saturated rings. The van der Waals surface area contributed by atoms with Crippen molar-refractivity contribution in [2.75, 3.05) is 51.3 Å². The first-order valence-electron chi connectivity index (χ1n) is 24.5. The van der Waals surface area contributed by atoms with Crippen LogP contribution in [0.3, 0.4) is 0 Å². The number of hydrazine groups is 1. The summed E-state index contributed by atoms with van der Waals surface area (Å²) in [4.78, 5) is 59.5. The molecule has 11 rings (SSSR count). The van der Waals surface area contributed by atoms with Crippen LogP contribution < -0.4 is 10.3 Å². The number of piperidine rings is 1. The first kappa shape index (κ1) is 43.6. The maximum Gasteiger partial charge on any atom is 0.324 e. The maximum absolute atomic E-state index is 15.1. The molecule has 1 spiro atoms. The minimum atomic E-state index is -0.864. The number of pyridine rings is 1. The van der Waals surface area contributed by atoms with Crippen LogP contribution in [0.2, 0.25) is 11.1 Å². The highest BCUT2D eigenvalue weighted by Crippen LogP contribution is 2.77. The molecule has 1 N–H and O–H groups in total. The van der Waals surface area contributed by atoms with Crippen LogP contribution in [-0.4, -0.2) is 110 Å². The third-order valence-electron chi connectivity index (χ3n) is 16.8. The summed E-state index contributed by atoms with van der Waals surface area (Å²) in [5.41, 5.74) is 10.9. The van der Waals surface area contributed by atoms with Gasteiger partial charge in [-0.05, 0) is 99.2 Å². The molecule has 65 heavy (non-hydrogen) atoms. The highest BCUT2D eigenvalue weighted by molar-refractivity contribution is 7.10. The van der Waals surface area contributed by atoms with Crippen molar-refractivity contribution in [2.24, 2.45) is 34.5 Å². The average molecular weight is 916 g/mol. The minimum absolute atomic E-state index is 0.0110. The number of hydrogen-bond donors (Lipinski definition) is 1. The zero-order valence-electron chi connectivity index (χ0n) is 39.2. The van der Waals surface area contributed by atoms with E-state index in [0.717, 1.165) is 76.0 Å². The number of aryl methyl sites for hydroxylation is 1. The van der Waals surface area contributed by atoms with Crippen molar-refractivity contribution in [1.29, 1.82) is 0 Å². The number of benzene rings is 1. The Morgan fingerprint density at radius 3 is 2.68 bits per heavy atom. The molecule has 12 nitrogen and oxygen atoms in total. The largest absolute Gasteiger partial charge is 0.464 e. The summed E-state index contributed by atoms with van der Waals surface area (Å²) in [6.07, 6.45) is 7.95. The zero-order chi connectivity index (χ0) is 45.1. The molecular weight excluding hydrogens is 851 g/mol. The van der Waals surface area contributed by atoms with E-state index < -0.39 is 16.9 Å². The molecule has 2 saturated carbocycles. The molecule has 6 bridgehead atoms. The van der Waals surface area contributed by atoms with E-state index in [9.17, 15) is 9.59 Å². The number of amides is 1. The lowest BCUT2D eigenvalue weighted by Crippen LogP contribution is -2.63. The van der Waals surface area contributed by atoms with E-state index in [0.29, 0.717) is 59.6 Å². The molecule has 344 valence electrons. The van der Waals surface area contributed by atoms with Gasteiger partial charge in [0.25, 0.3) is 0 Å². The Hall–Kier alpha value is -3.95. The molecule has 2 aliphatic carbocycles. The van der Waals surface area contributed by atoms with Crippen LogP contribution in [0.1, 0.15) is 96.0 Å². The van der Waals surface area contributed by atoms with Gasteiger partial charge in [0, 0.05) is 106 Å². The second kappa shape index (κ2) is 16.4. The average Bonchev–Trinajstić information content (AvgIpc) is 4.05. The van der Waals surface area contributed by atoms with Crippen LogP contribution in [0.15, 0.2) is 35.8 Å². The number of hydrogen-bond acceptors (Lipinski definition) is 11. The fourth-order valence-corrected chi connectivity index (χ4v) is 15.8. The summed E-state index contributed by atoms with van der Waals surface area (Å²) in [6.45, 7) is 18.7. The number of carbonyl (C=O) groups excluding carboxylic acids is 3. The third kappa shape index (κ3) is 7.25. The minimum Gasteiger partial charge on any atom is -0.464 e. The van der Waals surface area contributed by atoms with Gasteiger partial charge in [-0.15, -0.1) is 11.3 Å². The summed E-state index contributed by atoms with van der Waals surface area (Å²) in [6, 6.07) is 9.01. The zero-order valence-corrected chi connectivity index (χ0v) is 41.0. The van der Waals surface area contributed by atoms with Gasteiger partial charge in [-0.3, -0.25) is 29.3 Å². The number of piperazine rings is 1. The van der Waals surface area contributed by atoms with Gasteiger partial charge >= 0.3 is 5.97 Å². The molecule has 4 aromatic rings. The fraction of sp³-hybridized carbons (Fsp3) is 0.627. The second-order valence-corrected chi connectivity index (χ2v) is 23.9. The molecule has 5 unspecified atom stereocenters. The number of Topliss-reactive ketones (excluding diaryl/α,β-unsaturated/α-hetero) is 1. The summed E-state index contributed by atoms with van der Waals surface area (Å²) in [7, 11) is 2.35. The predicted molar refractivity (Wildman–Crippen MR) is 255 cm³/mol.